The van der Waals surface area contributed by atoms with Gasteiger partial charge in [-0.1, -0.05) is 52.0 Å². The van der Waals surface area contributed by atoms with Gasteiger partial charge in [-0.3, -0.25) is 0 Å². The summed E-state index contributed by atoms with van der Waals surface area (Å²) in [6.07, 6.45) is -3.70. The lowest BCUT2D eigenvalue weighted by atomic mass is 9.86. The van der Waals surface area contributed by atoms with E-state index >= 15 is 0 Å². The minimum absolute atomic E-state index is 0.114. The highest BCUT2D eigenvalue weighted by Gasteiger charge is 2.49. The highest BCUT2D eigenvalue weighted by Crippen LogP contribution is 2.37. The maximum Gasteiger partial charge on any atom is 0.326 e. The summed E-state index contributed by atoms with van der Waals surface area (Å²) in [7, 11) is 0. The molecule has 20 heavy (non-hydrogen) atoms. The zero-order valence-corrected chi connectivity index (χ0v) is 12.2. The molecule has 114 valence electrons. The highest BCUT2D eigenvalue weighted by molar-refractivity contribution is 5.30. The Balaban J connectivity index is 3.11. The van der Waals surface area contributed by atoms with Crippen LogP contribution in [0.3, 0.4) is 0 Å². The van der Waals surface area contributed by atoms with E-state index in [9.17, 15) is 17.6 Å². The van der Waals surface area contributed by atoms with Crippen molar-refractivity contribution in [3.63, 3.8) is 0 Å². The van der Waals surface area contributed by atoms with Crippen LogP contribution in [0.15, 0.2) is 24.3 Å². The molecule has 0 aliphatic heterocycles. The fraction of sp³-hybridized carbons (Fsp3) is 0.600. The van der Waals surface area contributed by atoms with Crippen molar-refractivity contribution in [3.8, 4) is 0 Å². The average Bonchev–Trinajstić information content (AvgIpc) is 2.34. The first-order valence-electron chi connectivity index (χ1n) is 6.60. The van der Waals surface area contributed by atoms with Gasteiger partial charge in [-0.25, -0.2) is 8.78 Å². The van der Waals surface area contributed by atoms with Crippen LogP contribution in [0.2, 0.25) is 0 Å². The van der Waals surface area contributed by atoms with Crippen LogP contribution < -0.4 is 5.32 Å². The van der Waals surface area contributed by atoms with Crippen LogP contribution in [-0.2, 0) is 5.41 Å². The van der Waals surface area contributed by atoms with Gasteiger partial charge < -0.3 is 5.32 Å². The Morgan fingerprint density at radius 1 is 1.05 bits per heavy atom. The number of alkyl halides is 4. The first-order chi connectivity index (χ1) is 9.10. The van der Waals surface area contributed by atoms with Crippen LogP contribution in [-0.4, -0.2) is 18.9 Å². The average molecular weight is 291 g/mol. The molecule has 0 aliphatic rings. The molecule has 1 nitrogen and oxygen atoms in total. The first-order valence-corrected chi connectivity index (χ1v) is 6.60. The fourth-order valence-corrected chi connectivity index (χ4v) is 1.98. The fourth-order valence-electron chi connectivity index (χ4n) is 1.98. The summed E-state index contributed by atoms with van der Waals surface area (Å²) in [5.74, 6) is -4.10. The van der Waals surface area contributed by atoms with E-state index < -0.39 is 18.4 Å². The first kappa shape index (κ1) is 17.0. The van der Waals surface area contributed by atoms with Gasteiger partial charge in [0.2, 0.25) is 0 Å². The number of nitrogens with one attached hydrogen (secondary N) is 1. The van der Waals surface area contributed by atoms with Crippen LogP contribution in [0.1, 0.15) is 44.9 Å². The van der Waals surface area contributed by atoms with Gasteiger partial charge in [0.1, 0.15) is 6.04 Å². The number of rotatable bonds is 5. The lowest BCUT2D eigenvalue weighted by molar-refractivity contribution is -0.151. The molecule has 1 atom stereocenters. The quantitative estimate of drug-likeness (QED) is 0.786. The monoisotopic (exact) mass is 291 g/mol. The van der Waals surface area contributed by atoms with Gasteiger partial charge in [0.25, 0.3) is 0 Å². The number of benzene rings is 1. The van der Waals surface area contributed by atoms with E-state index in [0.717, 1.165) is 5.56 Å². The molecule has 0 aromatic heterocycles. The molecule has 1 aromatic carbocycles. The van der Waals surface area contributed by atoms with Crippen molar-refractivity contribution in [2.75, 3.05) is 6.54 Å². The minimum Gasteiger partial charge on any atom is -0.305 e. The lowest BCUT2D eigenvalue weighted by Gasteiger charge is -2.28. The highest BCUT2D eigenvalue weighted by atomic mass is 19.3. The Kier molecular flexibility index (Phi) is 5.19. The van der Waals surface area contributed by atoms with Crippen LogP contribution in [0.4, 0.5) is 17.6 Å². The summed E-state index contributed by atoms with van der Waals surface area (Å²) < 4.78 is 52.3. The maximum atomic E-state index is 13.6. The van der Waals surface area contributed by atoms with Crippen molar-refractivity contribution in [3.05, 3.63) is 35.4 Å². The molecular weight excluding hydrogens is 270 g/mol. The molecule has 0 aliphatic carbocycles. The third-order valence-corrected chi connectivity index (χ3v) is 3.19. The largest absolute Gasteiger partial charge is 0.326 e. The minimum atomic E-state index is -4.10. The number of hydrogen-bond donors (Lipinski definition) is 1. The molecule has 1 aromatic rings. The Morgan fingerprint density at radius 2 is 1.55 bits per heavy atom. The van der Waals surface area contributed by atoms with E-state index in [4.69, 9.17) is 0 Å². The molecule has 0 saturated heterocycles. The molecule has 1 unspecified atom stereocenters. The van der Waals surface area contributed by atoms with Gasteiger partial charge in [0.15, 0.2) is 0 Å². The maximum absolute atomic E-state index is 13.6. The van der Waals surface area contributed by atoms with Crippen molar-refractivity contribution in [1.29, 1.82) is 0 Å². The Bertz CT molecular complexity index is 420. The molecular formula is C15H21F4N. The molecule has 0 amide bonds. The molecule has 0 bridgehead atoms. The van der Waals surface area contributed by atoms with E-state index in [2.05, 4.69) is 5.32 Å². The third kappa shape index (κ3) is 3.72. The number of halogens is 4. The second-order valence-electron chi connectivity index (χ2n) is 5.84. The van der Waals surface area contributed by atoms with Crippen molar-refractivity contribution in [1.82, 2.24) is 5.32 Å². The number of hydrogen-bond acceptors (Lipinski definition) is 1. The SMILES string of the molecule is CCNC(c1ccc(C(C)(C)C)cc1)C(F)(F)C(F)F. The second kappa shape index (κ2) is 6.12. The lowest BCUT2D eigenvalue weighted by Crippen LogP contribution is -2.42. The summed E-state index contributed by atoms with van der Waals surface area (Å²) in [6, 6.07) is 4.72. The summed E-state index contributed by atoms with van der Waals surface area (Å²) in [5, 5.41) is 2.45. The van der Waals surface area contributed by atoms with Gasteiger partial charge in [0.05, 0.1) is 0 Å². The van der Waals surface area contributed by atoms with Crippen molar-refractivity contribution in [2.24, 2.45) is 0 Å². The molecule has 0 saturated carbocycles. The molecule has 0 spiro atoms. The second-order valence-corrected chi connectivity index (χ2v) is 5.84. The van der Waals surface area contributed by atoms with Crippen LogP contribution in [0.25, 0.3) is 0 Å². The normalized spacial score (nSPS) is 14.7. The Labute approximate surface area is 117 Å². The topological polar surface area (TPSA) is 12.0 Å². The molecule has 5 heteroatoms. The van der Waals surface area contributed by atoms with Gasteiger partial charge in [0, 0.05) is 0 Å². The predicted molar refractivity (Wildman–Crippen MR) is 72.5 cm³/mol. The van der Waals surface area contributed by atoms with Crippen molar-refractivity contribution in [2.45, 2.75) is 51.5 Å². The van der Waals surface area contributed by atoms with Crippen molar-refractivity contribution >= 4 is 0 Å². The Morgan fingerprint density at radius 3 is 1.90 bits per heavy atom. The summed E-state index contributed by atoms with van der Waals surface area (Å²) in [4.78, 5) is 0. The van der Waals surface area contributed by atoms with Crippen LogP contribution >= 0.6 is 0 Å². The van der Waals surface area contributed by atoms with Crippen LogP contribution in [0.5, 0.6) is 0 Å². The van der Waals surface area contributed by atoms with E-state index in [1.54, 1.807) is 19.1 Å². The van der Waals surface area contributed by atoms with E-state index in [-0.39, 0.29) is 17.5 Å². The van der Waals surface area contributed by atoms with Crippen LogP contribution in [0, 0.1) is 0 Å². The molecule has 1 N–H and O–H groups in total. The summed E-state index contributed by atoms with van der Waals surface area (Å²) in [5.41, 5.74) is 1.03. The van der Waals surface area contributed by atoms with E-state index in [0.29, 0.717) is 0 Å². The molecule has 0 heterocycles. The van der Waals surface area contributed by atoms with Gasteiger partial charge in [-0.15, -0.1) is 0 Å². The third-order valence-electron chi connectivity index (χ3n) is 3.19. The van der Waals surface area contributed by atoms with Gasteiger partial charge in [-0.2, -0.15) is 8.78 Å². The Hall–Kier alpha value is -1.10. The summed E-state index contributed by atoms with van der Waals surface area (Å²) in [6.45, 7) is 7.79. The molecule has 1 rings (SSSR count). The molecule has 0 fully saturated rings. The van der Waals surface area contributed by atoms with Crippen molar-refractivity contribution < 1.29 is 17.6 Å². The summed E-state index contributed by atoms with van der Waals surface area (Å²) >= 11 is 0. The van der Waals surface area contributed by atoms with Gasteiger partial charge in [-0.05, 0) is 23.1 Å². The molecule has 0 radical (unpaired) electrons. The zero-order chi connectivity index (χ0) is 15.6. The van der Waals surface area contributed by atoms with Gasteiger partial charge >= 0.3 is 12.3 Å². The standard InChI is InChI=1S/C15H21F4N/c1-5-20-12(15(18,19)13(16)17)10-6-8-11(9-7-10)14(2,3)4/h6-9,12-13,20H,5H2,1-4H3. The van der Waals surface area contributed by atoms with E-state index in [1.807, 2.05) is 20.8 Å². The predicted octanol–water partition coefficient (Wildman–Crippen LogP) is 4.54. The smallest absolute Gasteiger partial charge is 0.305 e. The zero-order valence-electron chi connectivity index (χ0n) is 12.2. The van der Waals surface area contributed by atoms with E-state index in [1.165, 1.54) is 12.1 Å².